The fourth-order valence-corrected chi connectivity index (χ4v) is 9.58. The SMILES string of the molecule is CCOP(=O)(OCC)C(c1ccc(F)c(OCCCc2nc(-c3ccccc3)oc2C)c1)P(=O)(OCC)OCC. The van der Waals surface area contributed by atoms with Gasteiger partial charge in [-0.3, -0.25) is 9.13 Å². The molecule has 0 unspecified atom stereocenters. The molecule has 1 heterocycles. The fourth-order valence-electron chi connectivity index (χ4n) is 4.19. The lowest BCUT2D eigenvalue weighted by atomic mass is 10.2. The summed E-state index contributed by atoms with van der Waals surface area (Å²) in [5, 5.41) is -1.43. The number of rotatable bonds is 17. The molecule has 0 spiro atoms. The molecule has 0 aliphatic carbocycles. The van der Waals surface area contributed by atoms with Crippen molar-refractivity contribution in [1.82, 2.24) is 4.98 Å². The van der Waals surface area contributed by atoms with Gasteiger partial charge >= 0.3 is 15.2 Å². The zero-order chi connectivity index (χ0) is 29.2. The van der Waals surface area contributed by atoms with Crippen LogP contribution < -0.4 is 4.74 Å². The predicted molar refractivity (Wildman–Crippen MR) is 151 cm³/mol. The van der Waals surface area contributed by atoms with E-state index in [4.69, 9.17) is 27.2 Å². The molecule has 0 amide bonds. The Labute approximate surface area is 235 Å². The molecule has 220 valence electrons. The van der Waals surface area contributed by atoms with E-state index < -0.39 is 26.4 Å². The molecule has 0 radical (unpaired) electrons. The monoisotopic (exact) mass is 597 g/mol. The van der Waals surface area contributed by atoms with Gasteiger partial charge in [0.25, 0.3) is 0 Å². The number of halogens is 1. The lowest BCUT2D eigenvalue weighted by molar-refractivity contribution is 0.195. The van der Waals surface area contributed by atoms with Crippen molar-refractivity contribution in [2.24, 2.45) is 0 Å². The molecule has 40 heavy (non-hydrogen) atoms. The molecular formula is C28H38FNO8P2. The van der Waals surface area contributed by atoms with Gasteiger partial charge in [0.2, 0.25) is 5.89 Å². The summed E-state index contributed by atoms with van der Waals surface area (Å²) in [6.07, 6.45) is 1.08. The Hall–Kier alpha value is -2.32. The van der Waals surface area contributed by atoms with Crippen molar-refractivity contribution in [1.29, 1.82) is 0 Å². The quantitative estimate of drug-likeness (QED) is 0.112. The third-order valence-electron chi connectivity index (χ3n) is 5.82. The van der Waals surface area contributed by atoms with Crippen LogP contribution in [0.3, 0.4) is 0 Å². The average Bonchev–Trinajstić information content (AvgIpc) is 3.29. The summed E-state index contributed by atoms with van der Waals surface area (Å²) in [7, 11) is -8.16. The number of aromatic nitrogens is 1. The number of nitrogens with zero attached hydrogens (tertiary/aromatic N) is 1. The topological polar surface area (TPSA) is 106 Å². The highest BCUT2D eigenvalue weighted by Crippen LogP contribution is 2.78. The van der Waals surface area contributed by atoms with Crippen molar-refractivity contribution in [2.45, 2.75) is 52.9 Å². The molecule has 0 fully saturated rings. The van der Waals surface area contributed by atoms with Crippen LogP contribution in [0.4, 0.5) is 4.39 Å². The molecule has 0 saturated carbocycles. The second kappa shape index (κ2) is 15.1. The van der Waals surface area contributed by atoms with Crippen molar-refractivity contribution in [3.05, 3.63) is 71.4 Å². The van der Waals surface area contributed by atoms with E-state index in [0.29, 0.717) is 24.5 Å². The van der Waals surface area contributed by atoms with Crippen LogP contribution in [0, 0.1) is 12.7 Å². The minimum absolute atomic E-state index is 0.0318. The Morgan fingerprint density at radius 3 is 2.00 bits per heavy atom. The molecule has 3 rings (SSSR count). The molecule has 12 heteroatoms. The lowest BCUT2D eigenvalue weighted by Gasteiger charge is -2.31. The molecule has 3 aromatic rings. The molecule has 0 aliphatic heterocycles. The van der Waals surface area contributed by atoms with E-state index in [-0.39, 0.29) is 44.3 Å². The molecule has 0 N–H and O–H groups in total. The van der Waals surface area contributed by atoms with Crippen LogP contribution in [-0.4, -0.2) is 38.0 Å². The van der Waals surface area contributed by atoms with Crippen LogP contribution in [0.1, 0.15) is 56.5 Å². The van der Waals surface area contributed by atoms with Crippen molar-refractivity contribution < 1.29 is 40.8 Å². The molecule has 2 aromatic carbocycles. The van der Waals surface area contributed by atoms with E-state index in [9.17, 15) is 13.5 Å². The Bertz CT molecular complexity index is 1270. The van der Waals surface area contributed by atoms with Crippen LogP contribution in [-0.2, 0) is 33.6 Å². The normalized spacial score (nSPS) is 12.3. The van der Waals surface area contributed by atoms with E-state index in [0.717, 1.165) is 17.3 Å². The van der Waals surface area contributed by atoms with Crippen LogP contribution in [0.15, 0.2) is 52.9 Å². The maximum atomic E-state index is 14.8. The number of hydrogen-bond acceptors (Lipinski definition) is 9. The number of ether oxygens (including phenoxy) is 1. The second-order valence-electron chi connectivity index (χ2n) is 8.65. The third-order valence-corrected chi connectivity index (χ3v) is 11.8. The number of aryl methyl sites for hydroxylation is 2. The summed E-state index contributed by atoms with van der Waals surface area (Å²) in [5.74, 6) is 0.528. The molecule has 0 aliphatic rings. The minimum Gasteiger partial charge on any atom is -0.490 e. The zero-order valence-electron chi connectivity index (χ0n) is 23.6. The molecule has 0 atom stereocenters. The smallest absolute Gasteiger partial charge is 0.350 e. The van der Waals surface area contributed by atoms with Crippen LogP contribution in [0.5, 0.6) is 5.75 Å². The van der Waals surface area contributed by atoms with Crippen LogP contribution in [0.25, 0.3) is 11.5 Å². The highest BCUT2D eigenvalue weighted by molar-refractivity contribution is 7.72. The first kappa shape index (κ1) is 32.2. The summed E-state index contributed by atoms with van der Waals surface area (Å²) < 4.78 is 76.4. The van der Waals surface area contributed by atoms with Gasteiger partial charge in [0, 0.05) is 5.56 Å². The van der Waals surface area contributed by atoms with Crippen molar-refractivity contribution in [3.8, 4) is 17.2 Å². The maximum absolute atomic E-state index is 14.8. The fraction of sp³-hybridized carbons (Fsp3) is 0.464. The van der Waals surface area contributed by atoms with Gasteiger partial charge in [-0.05, 0) is 77.3 Å². The summed E-state index contributed by atoms with van der Waals surface area (Å²) in [6.45, 7) is 8.73. The zero-order valence-corrected chi connectivity index (χ0v) is 25.4. The summed E-state index contributed by atoms with van der Waals surface area (Å²) in [6, 6.07) is 13.5. The van der Waals surface area contributed by atoms with Crippen molar-refractivity contribution in [2.75, 3.05) is 33.0 Å². The summed E-state index contributed by atoms with van der Waals surface area (Å²) in [5.41, 5.74) is 1.88. The summed E-state index contributed by atoms with van der Waals surface area (Å²) in [4.78, 5) is 4.59. The highest BCUT2D eigenvalue weighted by atomic mass is 31.2. The predicted octanol–water partition coefficient (Wildman–Crippen LogP) is 8.33. The van der Waals surface area contributed by atoms with Gasteiger partial charge in [-0.15, -0.1) is 0 Å². The molecular weight excluding hydrogens is 559 g/mol. The van der Waals surface area contributed by atoms with Crippen LogP contribution >= 0.6 is 15.2 Å². The largest absolute Gasteiger partial charge is 0.490 e. The second-order valence-corrected chi connectivity index (χ2v) is 13.3. The first-order chi connectivity index (χ1) is 19.2. The molecule has 0 bridgehead atoms. The van der Waals surface area contributed by atoms with E-state index in [1.165, 1.54) is 12.1 Å². The molecule has 0 saturated heterocycles. The maximum Gasteiger partial charge on any atom is 0.350 e. The van der Waals surface area contributed by atoms with Crippen molar-refractivity contribution in [3.63, 3.8) is 0 Å². The van der Waals surface area contributed by atoms with Gasteiger partial charge < -0.3 is 27.2 Å². The third kappa shape index (κ3) is 7.90. The Balaban J connectivity index is 1.82. The molecule has 9 nitrogen and oxygen atoms in total. The van der Waals surface area contributed by atoms with Gasteiger partial charge in [-0.1, -0.05) is 24.3 Å². The Morgan fingerprint density at radius 2 is 1.45 bits per heavy atom. The van der Waals surface area contributed by atoms with E-state index in [1.807, 2.05) is 37.3 Å². The van der Waals surface area contributed by atoms with Gasteiger partial charge in [-0.2, -0.15) is 0 Å². The van der Waals surface area contributed by atoms with Crippen molar-refractivity contribution >= 4 is 15.2 Å². The number of benzene rings is 2. The van der Waals surface area contributed by atoms with Gasteiger partial charge in [-0.25, -0.2) is 9.37 Å². The lowest BCUT2D eigenvalue weighted by Crippen LogP contribution is -2.12. The average molecular weight is 598 g/mol. The number of hydrogen-bond donors (Lipinski definition) is 0. The Kier molecular flexibility index (Phi) is 12.1. The number of oxazole rings is 1. The summed E-state index contributed by atoms with van der Waals surface area (Å²) >= 11 is 0. The van der Waals surface area contributed by atoms with E-state index in [1.54, 1.807) is 27.7 Å². The standard InChI is InChI=1S/C28H38FNO8P2/c1-6-34-39(31,35-7-2)28(40(32,36-8-3)37-9-4)23-17-18-24(29)26(20-23)33-19-13-16-25-21(5)38-27(30-25)22-14-11-10-12-15-22/h10-12,14-15,17-18,20,28H,6-9,13,16,19H2,1-5H3. The van der Waals surface area contributed by atoms with Gasteiger partial charge in [0.1, 0.15) is 5.76 Å². The molecule has 1 aromatic heterocycles. The minimum atomic E-state index is -4.08. The van der Waals surface area contributed by atoms with Gasteiger partial charge in [0.05, 0.1) is 38.7 Å². The van der Waals surface area contributed by atoms with E-state index >= 15 is 0 Å². The Morgan fingerprint density at radius 1 is 0.875 bits per heavy atom. The highest BCUT2D eigenvalue weighted by Gasteiger charge is 2.52. The first-order valence-electron chi connectivity index (χ1n) is 13.4. The first-order valence-corrected chi connectivity index (χ1v) is 16.6. The van der Waals surface area contributed by atoms with E-state index in [2.05, 4.69) is 4.98 Å². The van der Waals surface area contributed by atoms with Crippen LogP contribution in [0.2, 0.25) is 0 Å². The van der Waals surface area contributed by atoms with Gasteiger partial charge in [0.15, 0.2) is 17.0 Å².